The Hall–Kier alpha value is -3.71. The maximum atomic E-state index is 7.00. The molecule has 0 unspecified atom stereocenters. The van der Waals surface area contributed by atoms with E-state index in [0.717, 1.165) is 98.0 Å². The van der Waals surface area contributed by atoms with Crippen molar-refractivity contribution >= 4 is 62.8 Å². The number of benzene rings is 3. The molecular formula is C37H44Cl2N4O2. The number of hydrogen-bond donors (Lipinski definition) is 2. The minimum atomic E-state index is 0.557. The van der Waals surface area contributed by atoms with E-state index in [-0.39, 0.29) is 0 Å². The van der Waals surface area contributed by atoms with Crippen molar-refractivity contribution < 1.29 is 9.15 Å². The van der Waals surface area contributed by atoms with Gasteiger partial charge in [-0.15, -0.1) is 0 Å². The van der Waals surface area contributed by atoms with Crippen molar-refractivity contribution in [1.82, 2.24) is 10.3 Å². The average molecular weight is 648 g/mol. The zero-order chi connectivity index (χ0) is 32.5. The van der Waals surface area contributed by atoms with Crippen LogP contribution in [0.25, 0.3) is 28.2 Å². The Morgan fingerprint density at radius 2 is 1.78 bits per heavy atom. The normalized spacial score (nSPS) is 12.6. The Morgan fingerprint density at radius 1 is 1.04 bits per heavy atom. The molecule has 0 atom stereocenters. The molecule has 0 bridgehead atoms. The van der Waals surface area contributed by atoms with Crippen LogP contribution in [-0.4, -0.2) is 51.6 Å². The van der Waals surface area contributed by atoms with Crippen molar-refractivity contribution in [2.75, 3.05) is 46.2 Å². The van der Waals surface area contributed by atoms with Gasteiger partial charge in [-0.1, -0.05) is 53.5 Å². The van der Waals surface area contributed by atoms with Crippen LogP contribution in [0.5, 0.6) is 5.75 Å². The molecule has 45 heavy (non-hydrogen) atoms. The maximum absolute atomic E-state index is 7.00. The highest BCUT2D eigenvalue weighted by Crippen LogP contribution is 2.40. The van der Waals surface area contributed by atoms with Gasteiger partial charge < -0.3 is 24.8 Å². The molecule has 0 amide bonds. The van der Waals surface area contributed by atoms with E-state index in [2.05, 4.69) is 34.9 Å². The van der Waals surface area contributed by atoms with E-state index >= 15 is 0 Å². The molecule has 4 aromatic rings. The third-order valence-electron chi connectivity index (χ3n) is 7.58. The lowest BCUT2D eigenvalue weighted by molar-refractivity contribution is 0.312. The zero-order valence-electron chi connectivity index (χ0n) is 27.4. The minimum Gasteiger partial charge on any atom is -0.494 e. The van der Waals surface area contributed by atoms with Crippen LogP contribution in [0.1, 0.15) is 54.5 Å². The largest absolute Gasteiger partial charge is 0.494 e. The molecular weight excluding hydrogens is 603 g/mol. The first-order valence-electron chi connectivity index (χ1n) is 15.3. The molecule has 0 saturated heterocycles. The van der Waals surface area contributed by atoms with E-state index < -0.39 is 0 Å². The van der Waals surface area contributed by atoms with Crippen LogP contribution in [0, 0.1) is 13.8 Å². The van der Waals surface area contributed by atoms with Crippen LogP contribution < -0.4 is 15.4 Å². The maximum Gasteiger partial charge on any atom is 0.134 e. The summed E-state index contributed by atoms with van der Waals surface area (Å²) < 4.78 is 12.1. The fourth-order valence-corrected chi connectivity index (χ4v) is 5.89. The number of ether oxygens (including phenoxy) is 1. The minimum absolute atomic E-state index is 0.557. The van der Waals surface area contributed by atoms with Crippen LogP contribution >= 0.6 is 23.2 Å². The second kappa shape index (κ2) is 16.0. The van der Waals surface area contributed by atoms with Gasteiger partial charge in [0.25, 0.3) is 0 Å². The second-order valence-electron chi connectivity index (χ2n) is 11.3. The Labute approximate surface area is 277 Å². The number of allylic oxidation sites excluding steroid dienone is 3. The lowest BCUT2D eigenvalue weighted by Gasteiger charge is -2.22. The lowest BCUT2D eigenvalue weighted by atomic mass is 9.90. The van der Waals surface area contributed by atoms with Gasteiger partial charge in [-0.2, -0.15) is 5.10 Å². The molecule has 0 radical (unpaired) electrons. The van der Waals surface area contributed by atoms with Gasteiger partial charge in [0.1, 0.15) is 11.3 Å². The molecule has 8 heteroatoms. The fourth-order valence-electron chi connectivity index (χ4n) is 5.52. The number of likely N-dealkylation sites (N-methyl/N-ethyl adjacent to an activating group) is 1. The predicted molar refractivity (Wildman–Crippen MR) is 194 cm³/mol. The van der Waals surface area contributed by atoms with Crippen molar-refractivity contribution in [1.29, 1.82) is 0 Å². The van der Waals surface area contributed by atoms with Gasteiger partial charge in [0.15, 0.2) is 0 Å². The molecule has 0 aliphatic heterocycles. The van der Waals surface area contributed by atoms with E-state index in [4.69, 9.17) is 37.5 Å². The molecule has 2 N–H and O–H groups in total. The topological polar surface area (TPSA) is 62.0 Å². The van der Waals surface area contributed by atoms with Crippen LogP contribution in [0.4, 0.5) is 5.69 Å². The quantitative estimate of drug-likeness (QED) is 0.0811. The summed E-state index contributed by atoms with van der Waals surface area (Å²) >= 11 is 13.4. The van der Waals surface area contributed by atoms with Crippen molar-refractivity contribution in [3.8, 4) is 5.75 Å². The number of halogens is 2. The van der Waals surface area contributed by atoms with Gasteiger partial charge in [0.2, 0.25) is 0 Å². The summed E-state index contributed by atoms with van der Waals surface area (Å²) in [4.78, 5) is 0. The molecule has 0 aliphatic carbocycles. The number of hydrazone groups is 1. The van der Waals surface area contributed by atoms with Crippen LogP contribution in [0.2, 0.25) is 10.0 Å². The van der Waals surface area contributed by atoms with Gasteiger partial charge in [-0.3, -0.25) is 0 Å². The summed E-state index contributed by atoms with van der Waals surface area (Å²) in [5.41, 5.74) is 9.90. The van der Waals surface area contributed by atoms with E-state index in [1.54, 1.807) is 0 Å². The molecule has 3 aromatic carbocycles. The third kappa shape index (κ3) is 8.51. The summed E-state index contributed by atoms with van der Waals surface area (Å²) in [6.07, 6.45) is 7.70. The van der Waals surface area contributed by atoms with Gasteiger partial charge in [-0.25, -0.2) is 0 Å². The highest BCUT2D eigenvalue weighted by atomic mass is 35.5. The second-order valence-corrected chi connectivity index (χ2v) is 12.1. The number of hydrogen-bond acceptors (Lipinski definition) is 6. The lowest BCUT2D eigenvalue weighted by Crippen LogP contribution is -2.19. The highest BCUT2D eigenvalue weighted by Gasteiger charge is 2.21. The molecule has 0 spiro atoms. The first-order chi connectivity index (χ1) is 21.6. The number of furan rings is 1. The monoisotopic (exact) mass is 646 g/mol. The third-order valence-corrected chi connectivity index (χ3v) is 8.50. The summed E-state index contributed by atoms with van der Waals surface area (Å²) in [7, 11) is 5.79. The molecule has 0 aliphatic rings. The number of nitrogens with zero attached hydrogens (tertiary/aromatic N) is 2. The Morgan fingerprint density at radius 3 is 2.47 bits per heavy atom. The standard InChI is InChI=1S/C37H44Cl2N4O2/c1-8-30(26(4)42-43(6)7)35-33(38)16-15-32(37(35)41-18-17-40-5)27(22-28-23-45-34-14-10-9-13-31(28)34)12-11-19-44-29-20-24(2)36(39)25(3)21-29/h8-10,13-16,20-23,40-41H,11-12,17-19H2,1-7H3/b27-22+,30-8-,42-26-. The van der Waals surface area contributed by atoms with Crippen LogP contribution in [0.15, 0.2) is 70.4 Å². The summed E-state index contributed by atoms with van der Waals surface area (Å²) in [5, 5.41) is 16.0. The van der Waals surface area contributed by atoms with Crippen LogP contribution in [-0.2, 0) is 0 Å². The summed E-state index contributed by atoms with van der Waals surface area (Å²) in [6, 6.07) is 16.2. The van der Waals surface area contributed by atoms with Crippen molar-refractivity contribution in [3.63, 3.8) is 0 Å². The van der Waals surface area contributed by atoms with Gasteiger partial charge in [-0.05, 0) is 94.6 Å². The number of nitrogens with one attached hydrogen (secondary N) is 2. The summed E-state index contributed by atoms with van der Waals surface area (Å²) in [5.74, 6) is 0.831. The number of anilines is 1. The van der Waals surface area contributed by atoms with E-state index in [0.29, 0.717) is 11.6 Å². The van der Waals surface area contributed by atoms with Crippen LogP contribution in [0.3, 0.4) is 0 Å². The van der Waals surface area contributed by atoms with E-state index in [9.17, 15) is 0 Å². The first-order valence-corrected chi connectivity index (χ1v) is 16.1. The number of rotatable bonds is 14. The molecule has 6 nitrogen and oxygen atoms in total. The number of fused-ring (bicyclic) bond motifs is 1. The molecule has 1 aromatic heterocycles. The summed E-state index contributed by atoms with van der Waals surface area (Å²) in [6.45, 7) is 10.1. The zero-order valence-corrected chi connectivity index (χ0v) is 28.9. The van der Waals surface area contributed by atoms with Crippen molar-refractivity contribution in [2.24, 2.45) is 5.10 Å². The SMILES string of the molecule is C/C=C(/C(C)=N\N(C)C)c1c(Cl)ccc(/C(=C/c2coc3ccccc23)CCCOc2cc(C)c(Cl)c(C)c2)c1NCCNC. The molecule has 0 fully saturated rings. The van der Waals surface area contributed by atoms with Gasteiger partial charge in [0.05, 0.1) is 29.3 Å². The molecule has 238 valence electrons. The van der Waals surface area contributed by atoms with E-state index in [1.165, 1.54) is 0 Å². The Balaban J connectivity index is 1.80. The number of para-hydroxylation sites is 1. The average Bonchev–Trinajstić information content (AvgIpc) is 3.41. The van der Waals surface area contributed by atoms with Gasteiger partial charge >= 0.3 is 0 Å². The first kappa shape index (κ1) is 34.2. The smallest absolute Gasteiger partial charge is 0.134 e. The van der Waals surface area contributed by atoms with E-state index in [1.807, 2.05) is 96.5 Å². The predicted octanol–water partition coefficient (Wildman–Crippen LogP) is 9.73. The molecule has 1 heterocycles. The van der Waals surface area contributed by atoms with Gasteiger partial charge in [0, 0.05) is 59.9 Å². The molecule has 4 rings (SSSR count). The van der Waals surface area contributed by atoms with Crippen molar-refractivity contribution in [2.45, 2.75) is 40.5 Å². The Bertz CT molecular complexity index is 1700. The Kier molecular flexibility index (Phi) is 12.2. The highest BCUT2D eigenvalue weighted by molar-refractivity contribution is 6.36. The fraction of sp³-hybridized carbons (Fsp3) is 0.324. The molecule has 0 saturated carbocycles. The van der Waals surface area contributed by atoms with Crippen molar-refractivity contribution in [3.05, 3.63) is 98.7 Å². The number of aryl methyl sites for hydroxylation is 2.